The van der Waals surface area contributed by atoms with Crippen molar-refractivity contribution in [1.82, 2.24) is 25.8 Å². The molecule has 0 fully saturated rings. The summed E-state index contributed by atoms with van der Waals surface area (Å²) in [6.07, 6.45) is 4.07. The summed E-state index contributed by atoms with van der Waals surface area (Å²) < 4.78 is 5.21. The van der Waals surface area contributed by atoms with Crippen molar-refractivity contribution in [3.8, 4) is 11.4 Å². The van der Waals surface area contributed by atoms with Crippen molar-refractivity contribution in [3.05, 3.63) is 65.3 Å². The molecule has 0 bridgehead atoms. The molecule has 2 N–H and O–H groups in total. The lowest BCUT2D eigenvalue weighted by Crippen LogP contribution is -2.23. The summed E-state index contributed by atoms with van der Waals surface area (Å²) in [7, 11) is 0. The van der Waals surface area contributed by atoms with E-state index < -0.39 is 0 Å². The third kappa shape index (κ3) is 3.78. The monoisotopic (exact) mass is 349 g/mol. The molecule has 7 heteroatoms. The lowest BCUT2D eigenvalue weighted by Gasteiger charge is -2.06. The van der Waals surface area contributed by atoms with E-state index in [1.165, 1.54) is 11.1 Å². The van der Waals surface area contributed by atoms with E-state index in [0.29, 0.717) is 31.1 Å². The first-order chi connectivity index (χ1) is 12.8. The van der Waals surface area contributed by atoms with Crippen molar-refractivity contribution in [2.24, 2.45) is 0 Å². The number of hydrogen-bond acceptors (Lipinski definition) is 6. The van der Waals surface area contributed by atoms with Gasteiger partial charge in [0, 0.05) is 50.4 Å². The van der Waals surface area contributed by atoms with Crippen LogP contribution in [0.2, 0.25) is 0 Å². The van der Waals surface area contributed by atoms with E-state index in [1.807, 2.05) is 12.1 Å². The van der Waals surface area contributed by atoms with Gasteiger partial charge in [-0.15, -0.1) is 0 Å². The van der Waals surface area contributed by atoms with Crippen LogP contribution in [-0.4, -0.2) is 21.0 Å². The lowest BCUT2D eigenvalue weighted by molar-refractivity contribution is -0.121. The van der Waals surface area contributed by atoms with E-state index >= 15 is 0 Å². The van der Waals surface area contributed by atoms with Crippen LogP contribution in [-0.2, 0) is 30.8 Å². The van der Waals surface area contributed by atoms with Crippen LogP contribution in [0, 0.1) is 0 Å². The van der Waals surface area contributed by atoms with Crippen LogP contribution in [0.25, 0.3) is 11.4 Å². The molecule has 7 nitrogen and oxygen atoms in total. The van der Waals surface area contributed by atoms with Gasteiger partial charge in [0.1, 0.15) is 0 Å². The van der Waals surface area contributed by atoms with Gasteiger partial charge in [0.15, 0.2) is 0 Å². The van der Waals surface area contributed by atoms with Crippen LogP contribution in [0.4, 0.5) is 0 Å². The minimum Gasteiger partial charge on any atom is -0.352 e. The number of nitrogens with one attached hydrogen (secondary N) is 2. The molecule has 4 rings (SSSR count). The Bertz CT molecular complexity index is 907. The average Bonchev–Trinajstić information content (AvgIpc) is 3.34. The van der Waals surface area contributed by atoms with Crippen LogP contribution in [0.3, 0.4) is 0 Å². The van der Waals surface area contributed by atoms with E-state index in [4.69, 9.17) is 4.52 Å². The number of benzene rings is 1. The summed E-state index contributed by atoms with van der Waals surface area (Å²) in [6.45, 7) is 2.35. The molecule has 0 atom stereocenters. The molecular weight excluding hydrogens is 330 g/mol. The van der Waals surface area contributed by atoms with Crippen molar-refractivity contribution in [2.75, 3.05) is 0 Å². The number of fused-ring (bicyclic) bond motifs is 1. The second kappa shape index (κ2) is 7.45. The SMILES string of the molecule is O=C(CCc1nc(-c2ccncc2)no1)NCc1ccc2c(c1)CNC2. The molecule has 1 aliphatic heterocycles. The zero-order valence-electron chi connectivity index (χ0n) is 14.2. The molecule has 1 aromatic carbocycles. The Balaban J connectivity index is 1.27. The summed E-state index contributed by atoms with van der Waals surface area (Å²) in [5.74, 6) is 0.928. The van der Waals surface area contributed by atoms with Gasteiger partial charge < -0.3 is 15.2 Å². The number of amides is 1. The number of carbonyl (C=O) groups is 1. The third-order valence-electron chi connectivity index (χ3n) is 4.36. The Kier molecular flexibility index (Phi) is 4.70. The van der Waals surface area contributed by atoms with Gasteiger partial charge in [0.25, 0.3) is 0 Å². The van der Waals surface area contributed by atoms with E-state index in [9.17, 15) is 4.79 Å². The largest absolute Gasteiger partial charge is 0.352 e. The van der Waals surface area contributed by atoms with Crippen molar-refractivity contribution in [2.45, 2.75) is 32.5 Å². The van der Waals surface area contributed by atoms with Gasteiger partial charge in [-0.25, -0.2) is 0 Å². The number of carbonyl (C=O) groups excluding carboxylic acids is 1. The Morgan fingerprint density at radius 1 is 1.15 bits per heavy atom. The Morgan fingerprint density at radius 3 is 2.88 bits per heavy atom. The van der Waals surface area contributed by atoms with Crippen LogP contribution < -0.4 is 10.6 Å². The maximum Gasteiger partial charge on any atom is 0.227 e. The molecule has 0 saturated heterocycles. The normalized spacial score (nSPS) is 12.8. The first kappa shape index (κ1) is 16.4. The van der Waals surface area contributed by atoms with E-state index in [1.54, 1.807) is 12.4 Å². The molecular formula is C19H19N5O2. The van der Waals surface area contributed by atoms with E-state index in [-0.39, 0.29) is 5.91 Å². The average molecular weight is 349 g/mol. The predicted molar refractivity (Wildman–Crippen MR) is 94.7 cm³/mol. The first-order valence-electron chi connectivity index (χ1n) is 8.59. The summed E-state index contributed by atoms with van der Waals surface area (Å²) >= 11 is 0. The van der Waals surface area contributed by atoms with E-state index in [0.717, 1.165) is 24.2 Å². The molecule has 0 radical (unpaired) electrons. The second-order valence-corrected chi connectivity index (χ2v) is 6.23. The molecule has 0 aliphatic carbocycles. The maximum absolute atomic E-state index is 12.1. The van der Waals surface area contributed by atoms with Crippen molar-refractivity contribution in [3.63, 3.8) is 0 Å². The van der Waals surface area contributed by atoms with Crippen molar-refractivity contribution < 1.29 is 9.32 Å². The first-order valence-corrected chi connectivity index (χ1v) is 8.59. The van der Waals surface area contributed by atoms with Gasteiger partial charge in [-0.1, -0.05) is 23.4 Å². The van der Waals surface area contributed by atoms with Gasteiger partial charge in [-0.3, -0.25) is 9.78 Å². The number of nitrogens with zero attached hydrogens (tertiary/aromatic N) is 3. The Hall–Kier alpha value is -3.06. The molecule has 0 saturated carbocycles. The maximum atomic E-state index is 12.1. The van der Waals surface area contributed by atoms with Gasteiger partial charge in [-0.2, -0.15) is 4.98 Å². The van der Waals surface area contributed by atoms with Gasteiger partial charge in [-0.05, 0) is 28.8 Å². The van der Waals surface area contributed by atoms with Crippen molar-refractivity contribution in [1.29, 1.82) is 0 Å². The lowest BCUT2D eigenvalue weighted by atomic mass is 10.1. The van der Waals surface area contributed by atoms with E-state index in [2.05, 4.69) is 44.0 Å². The molecule has 3 aromatic rings. The highest BCUT2D eigenvalue weighted by Gasteiger charge is 2.12. The molecule has 0 unspecified atom stereocenters. The fourth-order valence-electron chi connectivity index (χ4n) is 2.94. The Morgan fingerprint density at radius 2 is 2.00 bits per heavy atom. The minimum absolute atomic E-state index is 0.0349. The minimum atomic E-state index is -0.0349. The molecule has 1 aliphatic rings. The summed E-state index contributed by atoms with van der Waals surface area (Å²) in [6, 6.07) is 9.95. The van der Waals surface area contributed by atoms with Gasteiger partial charge in [0.05, 0.1) is 0 Å². The Labute approximate surface area is 150 Å². The van der Waals surface area contributed by atoms with Gasteiger partial charge >= 0.3 is 0 Å². The fourth-order valence-corrected chi connectivity index (χ4v) is 2.94. The van der Waals surface area contributed by atoms with Gasteiger partial charge in [0.2, 0.25) is 17.6 Å². The number of aryl methyl sites for hydroxylation is 1. The smallest absolute Gasteiger partial charge is 0.227 e. The second-order valence-electron chi connectivity index (χ2n) is 6.23. The molecule has 132 valence electrons. The molecule has 26 heavy (non-hydrogen) atoms. The quantitative estimate of drug-likeness (QED) is 0.707. The third-order valence-corrected chi connectivity index (χ3v) is 4.36. The highest BCUT2D eigenvalue weighted by molar-refractivity contribution is 5.76. The highest BCUT2D eigenvalue weighted by Crippen LogP contribution is 2.17. The fraction of sp³-hybridized carbons (Fsp3) is 0.263. The number of pyridine rings is 1. The van der Waals surface area contributed by atoms with Crippen molar-refractivity contribution >= 4 is 5.91 Å². The molecule has 3 heterocycles. The predicted octanol–water partition coefficient (Wildman–Crippen LogP) is 1.98. The number of rotatable bonds is 6. The standard InChI is InChI=1S/C19H19N5O2/c25-17(22-10-13-1-2-15-11-21-12-16(15)9-13)3-4-18-23-19(24-26-18)14-5-7-20-8-6-14/h1-2,5-9,21H,3-4,10-12H2,(H,22,25). The number of hydrogen-bond donors (Lipinski definition) is 2. The zero-order valence-corrected chi connectivity index (χ0v) is 14.2. The van der Waals surface area contributed by atoms with Crippen LogP contribution in [0.15, 0.2) is 47.2 Å². The topological polar surface area (TPSA) is 92.9 Å². The molecule has 1 amide bonds. The highest BCUT2D eigenvalue weighted by atomic mass is 16.5. The molecule has 0 spiro atoms. The number of aromatic nitrogens is 3. The summed E-state index contributed by atoms with van der Waals surface area (Å²) in [5.41, 5.74) is 4.59. The molecule has 2 aromatic heterocycles. The summed E-state index contributed by atoms with van der Waals surface area (Å²) in [4.78, 5) is 20.4. The van der Waals surface area contributed by atoms with Crippen LogP contribution in [0.5, 0.6) is 0 Å². The van der Waals surface area contributed by atoms with Crippen LogP contribution >= 0.6 is 0 Å². The van der Waals surface area contributed by atoms with Crippen LogP contribution in [0.1, 0.15) is 29.0 Å². The summed E-state index contributed by atoms with van der Waals surface area (Å²) in [5, 5.41) is 10.2. The zero-order chi connectivity index (χ0) is 17.8.